The van der Waals surface area contributed by atoms with Gasteiger partial charge in [-0.3, -0.25) is 9.59 Å². The van der Waals surface area contributed by atoms with Crippen molar-refractivity contribution in [2.75, 3.05) is 13.2 Å². The van der Waals surface area contributed by atoms with Crippen LogP contribution >= 0.6 is 11.6 Å². The third-order valence-electron chi connectivity index (χ3n) is 4.76. The van der Waals surface area contributed by atoms with E-state index in [1.807, 2.05) is 52.0 Å². The summed E-state index contributed by atoms with van der Waals surface area (Å²) >= 11 is 6.20. The molecule has 5 nitrogen and oxygen atoms in total. The molecule has 0 saturated heterocycles. The lowest BCUT2D eigenvalue weighted by molar-refractivity contribution is -0.142. The average Bonchev–Trinajstić information content (AvgIpc) is 2.69. The molecule has 2 rings (SSSR count). The van der Waals surface area contributed by atoms with Gasteiger partial charge in [-0.25, -0.2) is 0 Å². The lowest BCUT2D eigenvalue weighted by Crippen LogP contribution is -2.49. The molecule has 6 heteroatoms. The second-order valence-corrected chi connectivity index (χ2v) is 7.62. The Morgan fingerprint density at radius 1 is 1.10 bits per heavy atom. The summed E-state index contributed by atoms with van der Waals surface area (Å²) in [5.41, 5.74) is 3.88. The Balaban J connectivity index is 2.16. The molecule has 0 heterocycles. The highest BCUT2D eigenvalue weighted by Gasteiger charge is 2.26. The summed E-state index contributed by atoms with van der Waals surface area (Å²) in [5, 5.41) is 3.47. The van der Waals surface area contributed by atoms with Crippen LogP contribution in [-0.4, -0.2) is 35.9 Å². The van der Waals surface area contributed by atoms with Crippen molar-refractivity contribution in [1.29, 1.82) is 0 Å². The fourth-order valence-electron chi connectivity index (χ4n) is 3.01. The van der Waals surface area contributed by atoms with Gasteiger partial charge in [0.2, 0.25) is 5.91 Å². The van der Waals surface area contributed by atoms with Crippen molar-refractivity contribution < 1.29 is 14.3 Å². The van der Waals surface area contributed by atoms with E-state index >= 15 is 0 Å². The van der Waals surface area contributed by atoms with Crippen LogP contribution in [0.1, 0.15) is 36.1 Å². The highest BCUT2D eigenvalue weighted by atomic mass is 35.5. The second kappa shape index (κ2) is 10.3. The summed E-state index contributed by atoms with van der Waals surface area (Å²) in [6.45, 7) is 10.1. The smallest absolute Gasteiger partial charge is 0.261 e. The Morgan fingerprint density at radius 2 is 1.69 bits per heavy atom. The van der Waals surface area contributed by atoms with E-state index in [-0.39, 0.29) is 18.4 Å². The maximum atomic E-state index is 13.0. The van der Waals surface area contributed by atoms with Crippen molar-refractivity contribution >= 4 is 23.4 Å². The van der Waals surface area contributed by atoms with Crippen molar-refractivity contribution in [1.82, 2.24) is 10.2 Å². The van der Waals surface area contributed by atoms with Crippen LogP contribution in [0.2, 0.25) is 5.02 Å². The highest BCUT2D eigenvalue weighted by Crippen LogP contribution is 2.26. The van der Waals surface area contributed by atoms with E-state index < -0.39 is 6.04 Å². The molecule has 1 atom stereocenters. The van der Waals surface area contributed by atoms with Gasteiger partial charge < -0.3 is 15.0 Å². The van der Waals surface area contributed by atoms with Gasteiger partial charge in [-0.1, -0.05) is 41.4 Å². The van der Waals surface area contributed by atoms with Gasteiger partial charge in [0.1, 0.15) is 11.8 Å². The van der Waals surface area contributed by atoms with Crippen LogP contribution in [-0.2, 0) is 16.1 Å². The number of hydrogen-bond donors (Lipinski definition) is 1. The third kappa shape index (κ3) is 6.23. The van der Waals surface area contributed by atoms with Gasteiger partial charge in [0.05, 0.1) is 0 Å². The summed E-state index contributed by atoms with van der Waals surface area (Å²) < 4.78 is 5.73. The summed E-state index contributed by atoms with van der Waals surface area (Å²) in [6, 6.07) is 10.9. The fraction of sp³-hybridized carbons (Fsp3) is 0.391. The number of carbonyl (C=O) groups is 2. The van der Waals surface area contributed by atoms with Crippen molar-refractivity contribution in [3.05, 3.63) is 63.7 Å². The van der Waals surface area contributed by atoms with Gasteiger partial charge in [-0.05, 0) is 63.4 Å². The molecule has 2 amide bonds. The number of ether oxygens (including phenoxy) is 1. The van der Waals surface area contributed by atoms with Crippen molar-refractivity contribution in [2.24, 2.45) is 0 Å². The molecule has 0 fully saturated rings. The number of nitrogens with one attached hydrogen (secondary N) is 1. The lowest BCUT2D eigenvalue weighted by Gasteiger charge is -2.28. The maximum absolute atomic E-state index is 13.0. The molecule has 29 heavy (non-hydrogen) atoms. The first-order valence-electron chi connectivity index (χ1n) is 9.75. The van der Waals surface area contributed by atoms with Crippen LogP contribution < -0.4 is 10.1 Å². The van der Waals surface area contributed by atoms with Crippen LogP contribution in [0.3, 0.4) is 0 Å². The average molecular weight is 417 g/mol. The van der Waals surface area contributed by atoms with E-state index in [9.17, 15) is 9.59 Å². The van der Waals surface area contributed by atoms with E-state index in [2.05, 4.69) is 5.32 Å². The van der Waals surface area contributed by atoms with Crippen molar-refractivity contribution in [3.8, 4) is 5.75 Å². The first-order chi connectivity index (χ1) is 13.7. The first-order valence-corrected chi connectivity index (χ1v) is 10.1. The molecule has 0 aliphatic rings. The lowest BCUT2D eigenvalue weighted by atomic mass is 10.1. The second-order valence-electron chi connectivity index (χ2n) is 7.24. The highest BCUT2D eigenvalue weighted by molar-refractivity contribution is 6.32. The number of hydrogen-bond acceptors (Lipinski definition) is 3. The summed E-state index contributed by atoms with van der Waals surface area (Å²) in [7, 11) is 0. The van der Waals surface area contributed by atoms with Gasteiger partial charge in [-0.2, -0.15) is 0 Å². The monoisotopic (exact) mass is 416 g/mol. The standard InChI is InChI=1S/C23H29ClN2O3/c1-6-25-23(28)18(5)26(13-19-9-7-15(2)8-10-19)21(27)14-29-20-11-16(3)22(24)17(4)12-20/h7-12,18H,6,13-14H2,1-5H3,(H,25,28). The van der Waals surface area contributed by atoms with Gasteiger partial charge in [0, 0.05) is 18.1 Å². The van der Waals surface area contributed by atoms with E-state index in [4.69, 9.17) is 16.3 Å². The topological polar surface area (TPSA) is 58.6 Å². The number of carbonyl (C=O) groups excluding carboxylic acids is 2. The Kier molecular flexibility index (Phi) is 8.09. The van der Waals surface area contributed by atoms with Gasteiger partial charge >= 0.3 is 0 Å². The molecule has 2 aromatic rings. The van der Waals surface area contributed by atoms with E-state index in [0.29, 0.717) is 23.9 Å². The molecule has 0 aliphatic carbocycles. The van der Waals surface area contributed by atoms with Gasteiger partial charge in [0.25, 0.3) is 5.91 Å². The molecular weight excluding hydrogens is 388 g/mol. The Hall–Kier alpha value is -2.53. The minimum Gasteiger partial charge on any atom is -0.484 e. The summed E-state index contributed by atoms with van der Waals surface area (Å²) in [6.07, 6.45) is 0. The fourth-order valence-corrected chi connectivity index (χ4v) is 3.12. The Morgan fingerprint density at radius 3 is 2.24 bits per heavy atom. The van der Waals surface area contributed by atoms with Gasteiger partial charge in [0.15, 0.2) is 6.61 Å². The predicted molar refractivity (Wildman–Crippen MR) is 116 cm³/mol. The molecule has 0 saturated carbocycles. The number of amides is 2. The van der Waals surface area contributed by atoms with E-state index in [1.54, 1.807) is 24.0 Å². The zero-order chi connectivity index (χ0) is 21.6. The quantitative estimate of drug-likeness (QED) is 0.701. The molecule has 156 valence electrons. The Labute approximate surface area is 178 Å². The normalized spacial score (nSPS) is 11.7. The zero-order valence-electron chi connectivity index (χ0n) is 17.7. The van der Waals surface area contributed by atoms with Crippen LogP contribution in [0.5, 0.6) is 5.75 Å². The molecule has 1 N–H and O–H groups in total. The molecule has 2 aromatic carbocycles. The number of nitrogens with zero attached hydrogens (tertiary/aromatic N) is 1. The number of aryl methyl sites for hydroxylation is 3. The van der Waals surface area contributed by atoms with Crippen molar-refractivity contribution in [3.63, 3.8) is 0 Å². The van der Waals surface area contributed by atoms with Crippen LogP contribution in [0.4, 0.5) is 0 Å². The van der Waals surface area contributed by atoms with Crippen LogP contribution in [0.15, 0.2) is 36.4 Å². The van der Waals surface area contributed by atoms with Gasteiger partial charge in [-0.15, -0.1) is 0 Å². The minimum absolute atomic E-state index is 0.157. The minimum atomic E-state index is -0.610. The zero-order valence-corrected chi connectivity index (χ0v) is 18.5. The number of benzene rings is 2. The number of halogens is 1. The molecule has 0 spiro atoms. The first kappa shape index (κ1) is 22.8. The summed E-state index contributed by atoms with van der Waals surface area (Å²) in [4.78, 5) is 26.9. The van der Waals surface area contributed by atoms with Crippen molar-refractivity contribution in [2.45, 2.75) is 47.2 Å². The van der Waals surface area contributed by atoms with E-state index in [0.717, 1.165) is 22.3 Å². The molecule has 0 aliphatic heterocycles. The molecule has 0 radical (unpaired) electrons. The number of rotatable bonds is 8. The molecule has 0 aromatic heterocycles. The molecule has 0 bridgehead atoms. The van der Waals surface area contributed by atoms with E-state index in [1.165, 1.54) is 0 Å². The van der Waals surface area contributed by atoms with Crippen LogP contribution in [0, 0.1) is 20.8 Å². The molecular formula is C23H29ClN2O3. The predicted octanol–water partition coefficient (Wildman–Crippen LogP) is 4.20. The maximum Gasteiger partial charge on any atom is 0.261 e. The SMILES string of the molecule is CCNC(=O)C(C)N(Cc1ccc(C)cc1)C(=O)COc1cc(C)c(Cl)c(C)c1. The molecule has 1 unspecified atom stereocenters. The summed E-state index contributed by atoms with van der Waals surface area (Å²) in [5.74, 6) is 0.138. The number of likely N-dealkylation sites (N-methyl/N-ethyl adjacent to an activating group) is 1. The van der Waals surface area contributed by atoms with Crippen LogP contribution in [0.25, 0.3) is 0 Å². The third-order valence-corrected chi connectivity index (χ3v) is 5.36. The Bertz CT molecular complexity index is 842. The largest absolute Gasteiger partial charge is 0.484 e.